The van der Waals surface area contributed by atoms with E-state index in [0.717, 1.165) is 0 Å². The third kappa shape index (κ3) is 2.65. The van der Waals surface area contributed by atoms with E-state index < -0.39 is 35.5 Å². The van der Waals surface area contributed by atoms with E-state index in [0.29, 0.717) is 5.56 Å². The van der Waals surface area contributed by atoms with E-state index in [4.69, 9.17) is 11.6 Å². The summed E-state index contributed by atoms with van der Waals surface area (Å²) in [7, 11) is 0. The van der Waals surface area contributed by atoms with E-state index in [9.17, 15) is 30.7 Å². The molecule has 3 atom stereocenters. The molecule has 0 saturated carbocycles. The molecule has 0 amide bonds. The van der Waals surface area contributed by atoms with E-state index in [1.807, 2.05) is 0 Å². The van der Waals surface area contributed by atoms with Crippen molar-refractivity contribution in [2.45, 2.75) is 35.5 Å². The van der Waals surface area contributed by atoms with Gasteiger partial charge in [-0.2, -0.15) is 30.7 Å². The number of hydrazine groups is 1. The van der Waals surface area contributed by atoms with Crippen molar-refractivity contribution < 1.29 is 30.7 Å². The van der Waals surface area contributed by atoms with Gasteiger partial charge in [-0.25, -0.2) is 10.9 Å². The predicted molar refractivity (Wildman–Crippen MR) is 64.8 cm³/mol. The molecule has 3 unspecified atom stereocenters. The van der Waals surface area contributed by atoms with Gasteiger partial charge in [0.15, 0.2) is 0 Å². The summed E-state index contributed by atoms with van der Waals surface area (Å²) in [6.07, 6.45) is -6.39. The Labute approximate surface area is 125 Å². The van der Waals surface area contributed by atoms with Crippen LogP contribution in [0.25, 0.3) is 0 Å². The van der Waals surface area contributed by atoms with E-state index in [2.05, 4.69) is 5.43 Å². The van der Waals surface area contributed by atoms with Crippen molar-refractivity contribution in [3.05, 3.63) is 35.9 Å². The second-order valence-electron chi connectivity index (χ2n) is 4.79. The lowest BCUT2D eigenvalue weighted by molar-refractivity contribution is -0.359. The average Bonchev–Trinajstić information content (AvgIpc) is 2.80. The van der Waals surface area contributed by atoms with Gasteiger partial charge in [0.1, 0.15) is 6.04 Å². The molecule has 124 valence electrons. The first-order valence-electron chi connectivity index (χ1n) is 6.02. The lowest BCUT2D eigenvalue weighted by Gasteiger charge is -2.33. The van der Waals surface area contributed by atoms with Crippen LogP contribution in [0.3, 0.4) is 0 Å². The molecule has 1 aliphatic heterocycles. The van der Waals surface area contributed by atoms with Gasteiger partial charge >= 0.3 is 18.0 Å². The summed E-state index contributed by atoms with van der Waals surface area (Å²) in [5.74, 6) is -11.6. The van der Waals surface area contributed by atoms with Crippen molar-refractivity contribution >= 4 is 11.6 Å². The van der Waals surface area contributed by atoms with Gasteiger partial charge in [-0.3, -0.25) is 0 Å². The molecular formula is C12H10ClF7N2. The van der Waals surface area contributed by atoms with Gasteiger partial charge in [0.05, 0.1) is 11.4 Å². The van der Waals surface area contributed by atoms with Crippen LogP contribution in [-0.4, -0.2) is 29.4 Å². The first kappa shape index (κ1) is 17.3. The summed E-state index contributed by atoms with van der Waals surface area (Å²) in [4.78, 5) is 0. The van der Waals surface area contributed by atoms with Gasteiger partial charge in [-0.05, 0) is 5.56 Å². The fourth-order valence-corrected chi connectivity index (χ4v) is 2.56. The Morgan fingerprint density at radius 2 is 1.41 bits per heavy atom. The molecule has 1 aliphatic rings. The van der Waals surface area contributed by atoms with E-state index >= 15 is 0 Å². The highest BCUT2D eigenvalue weighted by Crippen LogP contribution is 2.50. The number of hydrogen-bond acceptors (Lipinski definition) is 2. The molecule has 1 aromatic carbocycles. The Morgan fingerprint density at radius 3 is 1.91 bits per heavy atom. The number of halogens is 8. The summed E-state index contributed by atoms with van der Waals surface area (Å²) in [6, 6.07) is 4.05. The summed E-state index contributed by atoms with van der Waals surface area (Å²) < 4.78 is 90.1. The summed E-state index contributed by atoms with van der Waals surface area (Å²) in [5, 5.41) is -1.72. The van der Waals surface area contributed by atoms with Crippen LogP contribution in [0.1, 0.15) is 11.6 Å². The molecule has 2 nitrogen and oxygen atoms in total. The smallest absolute Gasteiger partial charge is 0.248 e. The van der Waals surface area contributed by atoms with Crippen molar-refractivity contribution in [2.24, 2.45) is 0 Å². The highest BCUT2D eigenvalue weighted by atomic mass is 35.5. The molecule has 1 heterocycles. The SMILES string of the molecule is FC(F)(F)C(F)(F)C(F)(F)C1NNC(c2ccccc2)C1Cl. The van der Waals surface area contributed by atoms with E-state index in [-0.39, 0.29) is 0 Å². The minimum absolute atomic E-state index is 0.378. The number of nitrogens with one attached hydrogen (secondary N) is 2. The van der Waals surface area contributed by atoms with Crippen molar-refractivity contribution in [3.63, 3.8) is 0 Å². The largest absolute Gasteiger partial charge is 0.459 e. The topological polar surface area (TPSA) is 24.1 Å². The maximum absolute atomic E-state index is 13.7. The van der Waals surface area contributed by atoms with Gasteiger partial charge in [0.2, 0.25) is 0 Å². The van der Waals surface area contributed by atoms with Gasteiger partial charge in [-0.1, -0.05) is 30.3 Å². The lowest BCUT2D eigenvalue weighted by atomic mass is 9.95. The first-order valence-corrected chi connectivity index (χ1v) is 6.46. The third-order valence-electron chi connectivity index (χ3n) is 3.36. The van der Waals surface area contributed by atoms with Gasteiger partial charge in [0.25, 0.3) is 0 Å². The zero-order chi connectivity index (χ0) is 16.8. The normalized spacial score (nSPS) is 27.2. The van der Waals surface area contributed by atoms with Crippen LogP contribution < -0.4 is 10.9 Å². The van der Waals surface area contributed by atoms with Gasteiger partial charge in [0, 0.05) is 0 Å². The fourth-order valence-electron chi connectivity index (χ4n) is 2.13. The molecule has 0 bridgehead atoms. The second kappa shape index (κ2) is 5.54. The quantitative estimate of drug-likeness (QED) is 0.642. The van der Waals surface area contributed by atoms with Crippen LogP contribution in [0.5, 0.6) is 0 Å². The highest BCUT2D eigenvalue weighted by molar-refractivity contribution is 6.22. The number of benzene rings is 1. The van der Waals surface area contributed by atoms with Crippen LogP contribution in [-0.2, 0) is 0 Å². The van der Waals surface area contributed by atoms with E-state index in [1.54, 1.807) is 23.6 Å². The Kier molecular flexibility index (Phi) is 4.35. The second-order valence-corrected chi connectivity index (χ2v) is 5.30. The van der Waals surface area contributed by atoms with Crippen LogP contribution in [0, 0.1) is 0 Å². The zero-order valence-corrected chi connectivity index (χ0v) is 11.4. The maximum Gasteiger partial charge on any atom is 0.459 e. The van der Waals surface area contributed by atoms with Crippen molar-refractivity contribution in [1.82, 2.24) is 10.9 Å². The number of rotatable bonds is 3. The van der Waals surface area contributed by atoms with Crippen LogP contribution in [0.4, 0.5) is 30.7 Å². The fraction of sp³-hybridized carbons (Fsp3) is 0.500. The van der Waals surface area contributed by atoms with Gasteiger partial charge in [-0.15, -0.1) is 11.6 Å². The van der Waals surface area contributed by atoms with Crippen molar-refractivity contribution in [3.8, 4) is 0 Å². The zero-order valence-electron chi connectivity index (χ0n) is 10.6. The molecule has 2 rings (SSSR count). The molecule has 10 heteroatoms. The predicted octanol–water partition coefficient (Wildman–Crippen LogP) is 3.64. The Balaban J connectivity index is 2.27. The molecule has 0 aliphatic carbocycles. The molecule has 0 aromatic heterocycles. The summed E-state index contributed by atoms with van der Waals surface area (Å²) in [5.41, 5.74) is 4.38. The third-order valence-corrected chi connectivity index (χ3v) is 3.86. The molecular weight excluding hydrogens is 341 g/mol. The monoisotopic (exact) mass is 350 g/mol. The average molecular weight is 351 g/mol. The van der Waals surface area contributed by atoms with Crippen molar-refractivity contribution in [1.29, 1.82) is 0 Å². The Hall–Kier alpha value is -1.06. The minimum atomic E-state index is -6.39. The number of hydrogen-bond donors (Lipinski definition) is 2. The van der Waals surface area contributed by atoms with Gasteiger partial charge < -0.3 is 0 Å². The maximum atomic E-state index is 13.7. The minimum Gasteiger partial charge on any atom is -0.248 e. The summed E-state index contributed by atoms with van der Waals surface area (Å²) >= 11 is 5.71. The van der Waals surface area contributed by atoms with Crippen molar-refractivity contribution in [2.75, 3.05) is 0 Å². The van der Waals surface area contributed by atoms with E-state index in [1.165, 1.54) is 12.1 Å². The molecule has 2 N–H and O–H groups in total. The number of alkyl halides is 8. The molecule has 1 fully saturated rings. The molecule has 22 heavy (non-hydrogen) atoms. The molecule has 0 radical (unpaired) electrons. The molecule has 1 aromatic rings. The highest BCUT2D eigenvalue weighted by Gasteiger charge is 2.76. The van der Waals surface area contributed by atoms with Crippen LogP contribution >= 0.6 is 11.6 Å². The lowest BCUT2D eigenvalue weighted by Crippen LogP contribution is -2.62. The van der Waals surface area contributed by atoms with Crippen LogP contribution in [0.15, 0.2) is 30.3 Å². The standard InChI is InChI=1S/C12H10ClF7N2/c13-7-8(6-4-2-1-3-5-6)21-22-9(7)10(14,15)11(16,17)12(18,19)20/h1-5,7-9,21-22H. The Morgan fingerprint density at radius 1 is 0.864 bits per heavy atom. The van der Waals surface area contributed by atoms with Crippen LogP contribution in [0.2, 0.25) is 0 Å². The summed E-state index contributed by atoms with van der Waals surface area (Å²) in [6.45, 7) is 0. The molecule has 0 spiro atoms. The Bertz CT molecular complexity index is 520. The first-order chi connectivity index (χ1) is 10.00. The molecule has 1 saturated heterocycles.